The van der Waals surface area contributed by atoms with Gasteiger partial charge in [-0.05, 0) is 25.1 Å². The molecule has 7 nitrogen and oxygen atoms in total. The lowest BCUT2D eigenvalue weighted by atomic mass is 10.2. The molecule has 0 aliphatic carbocycles. The first-order chi connectivity index (χ1) is 12.8. The summed E-state index contributed by atoms with van der Waals surface area (Å²) < 4.78 is 39.7. The van der Waals surface area contributed by atoms with Crippen molar-refractivity contribution in [1.82, 2.24) is 15.4 Å². The van der Waals surface area contributed by atoms with Crippen molar-refractivity contribution in [3.8, 4) is 0 Å². The minimum atomic E-state index is -3.81. The van der Waals surface area contributed by atoms with Crippen LogP contribution in [-0.4, -0.2) is 33.3 Å². The zero-order chi connectivity index (χ0) is 19.9. The first-order valence-electron chi connectivity index (χ1n) is 8.11. The van der Waals surface area contributed by atoms with Crippen LogP contribution in [0, 0.1) is 12.7 Å². The van der Waals surface area contributed by atoms with Gasteiger partial charge >= 0.3 is 0 Å². The molecular formula is C18H20FN3O4S. The van der Waals surface area contributed by atoms with E-state index < -0.39 is 34.2 Å². The SMILES string of the molecule is Cc1ccc(S(=O)(=O)NCC(=O)NCC(=O)NCc2ccccc2F)cc1. The summed E-state index contributed by atoms with van der Waals surface area (Å²) in [6.07, 6.45) is 0. The summed E-state index contributed by atoms with van der Waals surface area (Å²) in [4.78, 5) is 23.5. The van der Waals surface area contributed by atoms with E-state index in [0.717, 1.165) is 5.56 Å². The molecule has 2 aromatic carbocycles. The van der Waals surface area contributed by atoms with Gasteiger partial charge in [-0.25, -0.2) is 17.5 Å². The molecule has 2 amide bonds. The van der Waals surface area contributed by atoms with Gasteiger partial charge in [0.15, 0.2) is 0 Å². The molecule has 0 saturated carbocycles. The molecule has 0 aliphatic rings. The van der Waals surface area contributed by atoms with Gasteiger partial charge in [-0.2, -0.15) is 0 Å². The summed E-state index contributed by atoms with van der Waals surface area (Å²) >= 11 is 0. The average molecular weight is 393 g/mol. The highest BCUT2D eigenvalue weighted by Gasteiger charge is 2.15. The number of benzene rings is 2. The minimum Gasteiger partial charge on any atom is -0.350 e. The Morgan fingerprint density at radius 2 is 1.56 bits per heavy atom. The molecule has 2 aromatic rings. The monoisotopic (exact) mass is 393 g/mol. The summed E-state index contributed by atoms with van der Waals surface area (Å²) in [6, 6.07) is 12.2. The van der Waals surface area contributed by atoms with Gasteiger partial charge in [-0.1, -0.05) is 35.9 Å². The number of sulfonamides is 1. The fraction of sp³-hybridized carbons (Fsp3) is 0.222. The number of carbonyl (C=O) groups is 2. The predicted octanol–water partition coefficient (Wildman–Crippen LogP) is 0.845. The Bertz CT molecular complexity index is 914. The molecule has 0 bridgehead atoms. The Hall–Kier alpha value is -2.78. The molecule has 0 atom stereocenters. The lowest BCUT2D eigenvalue weighted by Gasteiger charge is -2.09. The highest BCUT2D eigenvalue weighted by atomic mass is 32.2. The Labute approximate surface area is 157 Å². The molecule has 144 valence electrons. The third-order valence-corrected chi connectivity index (χ3v) is 5.05. The number of hydrogen-bond acceptors (Lipinski definition) is 4. The first-order valence-corrected chi connectivity index (χ1v) is 9.59. The maximum Gasteiger partial charge on any atom is 0.241 e. The van der Waals surface area contributed by atoms with Crippen molar-refractivity contribution in [1.29, 1.82) is 0 Å². The lowest BCUT2D eigenvalue weighted by Crippen LogP contribution is -2.41. The maximum absolute atomic E-state index is 13.4. The van der Waals surface area contributed by atoms with Crippen molar-refractivity contribution in [3.63, 3.8) is 0 Å². The molecule has 0 aliphatic heterocycles. The van der Waals surface area contributed by atoms with Crippen molar-refractivity contribution in [2.24, 2.45) is 0 Å². The van der Waals surface area contributed by atoms with Crippen LogP contribution in [0.4, 0.5) is 4.39 Å². The highest BCUT2D eigenvalue weighted by Crippen LogP contribution is 2.09. The number of hydrogen-bond donors (Lipinski definition) is 3. The summed E-state index contributed by atoms with van der Waals surface area (Å²) in [6.45, 7) is 0.965. The summed E-state index contributed by atoms with van der Waals surface area (Å²) in [5.41, 5.74) is 1.23. The van der Waals surface area contributed by atoms with Crippen LogP contribution in [0.15, 0.2) is 53.4 Å². The van der Waals surface area contributed by atoms with Gasteiger partial charge in [-0.3, -0.25) is 9.59 Å². The molecule has 0 spiro atoms. The molecule has 0 heterocycles. The van der Waals surface area contributed by atoms with Crippen LogP contribution >= 0.6 is 0 Å². The smallest absolute Gasteiger partial charge is 0.241 e. The largest absolute Gasteiger partial charge is 0.350 e. The standard InChI is InChI=1S/C18H20FN3O4S/c1-13-6-8-15(9-7-13)27(25,26)22-12-18(24)21-11-17(23)20-10-14-4-2-3-5-16(14)19/h2-9,22H,10-12H2,1H3,(H,20,23)(H,21,24). The number of nitrogens with one attached hydrogen (secondary N) is 3. The fourth-order valence-electron chi connectivity index (χ4n) is 2.10. The van der Waals surface area contributed by atoms with E-state index >= 15 is 0 Å². The Morgan fingerprint density at radius 1 is 0.926 bits per heavy atom. The predicted molar refractivity (Wildman–Crippen MR) is 97.6 cm³/mol. The molecule has 3 N–H and O–H groups in total. The fourth-order valence-corrected chi connectivity index (χ4v) is 3.08. The third kappa shape index (κ3) is 6.46. The molecule has 27 heavy (non-hydrogen) atoms. The second-order valence-corrected chi connectivity index (χ2v) is 7.55. The average Bonchev–Trinajstić information content (AvgIpc) is 2.64. The van der Waals surface area contributed by atoms with Crippen LogP contribution in [-0.2, 0) is 26.2 Å². The first kappa shape index (κ1) is 20.5. The molecular weight excluding hydrogens is 373 g/mol. The van der Waals surface area contributed by atoms with Gasteiger partial charge in [0.2, 0.25) is 21.8 Å². The Balaban J connectivity index is 1.74. The van der Waals surface area contributed by atoms with Crippen LogP contribution in [0.5, 0.6) is 0 Å². The van der Waals surface area contributed by atoms with Crippen LogP contribution in [0.2, 0.25) is 0 Å². The molecule has 0 aromatic heterocycles. The van der Waals surface area contributed by atoms with Gasteiger partial charge in [0.05, 0.1) is 18.0 Å². The van der Waals surface area contributed by atoms with Crippen LogP contribution in [0.25, 0.3) is 0 Å². The van der Waals surface area contributed by atoms with E-state index in [0.29, 0.717) is 5.56 Å². The number of amides is 2. The van der Waals surface area contributed by atoms with Gasteiger partial charge < -0.3 is 10.6 Å². The molecule has 9 heteroatoms. The zero-order valence-corrected chi connectivity index (χ0v) is 15.5. The van der Waals surface area contributed by atoms with Crippen molar-refractivity contribution in [2.75, 3.05) is 13.1 Å². The zero-order valence-electron chi connectivity index (χ0n) is 14.7. The topological polar surface area (TPSA) is 104 Å². The van der Waals surface area contributed by atoms with E-state index in [1.807, 2.05) is 6.92 Å². The molecule has 0 saturated heterocycles. The quantitative estimate of drug-likeness (QED) is 0.618. The summed E-state index contributed by atoms with van der Waals surface area (Å²) in [5.74, 6) is -1.62. The third-order valence-electron chi connectivity index (χ3n) is 3.63. The Kier molecular flexibility index (Phi) is 7.03. The van der Waals surface area contributed by atoms with E-state index in [1.54, 1.807) is 24.3 Å². The van der Waals surface area contributed by atoms with E-state index in [1.165, 1.54) is 24.3 Å². The van der Waals surface area contributed by atoms with Crippen LogP contribution in [0.3, 0.4) is 0 Å². The van der Waals surface area contributed by atoms with E-state index in [-0.39, 0.29) is 18.0 Å². The highest BCUT2D eigenvalue weighted by molar-refractivity contribution is 7.89. The number of carbonyl (C=O) groups excluding carboxylic acids is 2. The van der Waals surface area contributed by atoms with Crippen molar-refractivity contribution >= 4 is 21.8 Å². The maximum atomic E-state index is 13.4. The number of rotatable bonds is 8. The number of aryl methyl sites for hydroxylation is 1. The summed E-state index contributed by atoms with van der Waals surface area (Å²) in [7, 11) is -3.81. The molecule has 0 radical (unpaired) electrons. The summed E-state index contributed by atoms with van der Waals surface area (Å²) in [5, 5.41) is 4.76. The Morgan fingerprint density at radius 3 is 2.22 bits per heavy atom. The molecule has 0 unspecified atom stereocenters. The van der Waals surface area contributed by atoms with Gasteiger partial charge in [0, 0.05) is 12.1 Å². The second-order valence-electron chi connectivity index (χ2n) is 5.78. The molecule has 0 fully saturated rings. The van der Waals surface area contributed by atoms with E-state index in [9.17, 15) is 22.4 Å². The van der Waals surface area contributed by atoms with Gasteiger partial charge in [0.1, 0.15) is 5.82 Å². The number of halogens is 1. The van der Waals surface area contributed by atoms with Crippen LogP contribution < -0.4 is 15.4 Å². The van der Waals surface area contributed by atoms with Crippen molar-refractivity contribution < 1.29 is 22.4 Å². The van der Waals surface area contributed by atoms with Crippen molar-refractivity contribution in [3.05, 3.63) is 65.5 Å². The van der Waals surface area contributed by atoms with Gasteiger partial charge in [0.25, 0.3) is 0 Å². The van der Waals surface area contributed by atoms with E-state index in [2.05, 4.69) is 15.4 Å². The van der Waals surface area contributed by atoms with Gasteiger partial charge in [-0.15, -0.1) is 0 Å². The van der Waals surface area contributed by atoms with Crippen molar-refractivity contribution in [2.45, 2.75) is 18.4 Å². The lowest BCUT2D eigenvalue weighted by molar-refractivity contribution is -0.125. The van der Waals surface area contributed by atoms with Crippen LogP contribution in [0.1, 0.15) is 11.1 Å². The minimum absolute atomic E-state index is 0.0125. The molecule has 2 rings (SSSR count). The van der Waals surface area contributed by atoms with E-state index in [4.69, 9.17) is 0 Å². The second kappa shape index (κ2) is 9.24. The normalized spacial score (nSPS) is 11.0.